The molecule has 0 atom stereocenters. The van der Waals surface area contributed by atoms with Gasteiger partial charge in [-0.2, -0.15) is 0 Å². The number of pyridine rings is 1. The highest BCUT2D eigenvalue weighted by atomic mass is 35.5. The topological polar surface area (TPSA) is 57.9 Å². The zero-order valence-electron chi connectivity index (χ0n) is 14.9. The first kappa shape index (κ1) is 17.5. The van der Waals surface area contributed by atoms with E-state index in [0.717, 1.165) is 11.3 Å². The number of amides is 1. The van der Waals surface area contributed by atoms with E-state index in [1.165, 1.54) is 10.6 Å². The Bertz CT molecular complexity index is 1070. The van der Waals surface area contributed by atoms with Gasteiger partial charge in [0.05, 0.1) is 0 Å². The van der Waals surface area contributed by atoms with Gasteiger partial charge in [0.15, 0.2) is 0 Å². The van der Waals surface area contributed by atoms with Crippen molar-refractivity contribution in [3.63, 3.8) is 0 Å². The number of piperazine rings is 1. The summed E-state index contributed by atoms with van der Waals surface area (Å²) in [5.41, 5.74) is 2.29. The Morgan fingerprint density at radius 3 is 2.63 bits per heavy atom. The lowest BCUT2D eigenvalue weighted by atomic mass is 10.2. The van der Waals surface area contributed by atoms with Gasteiger partial charge in [-0.1, -0.05) is 23.7 Å². The standard InChI is InChI=1S/C20H19ClN4O2/c1-14-5-6-18-22-12-17(20(27)25(18)13-14)19(26)24-9-7-23(8-10-24)16-4-2-3-15(21)11-16/h2-6,11-13H,7-10H2,1H3. The number of aryl methyl sites for hydroxylation is 1. The lowest BCUT2D eigenvalue weighted by molar-refractivity contribution is 0.0744. The van der Waals surface area contributed by atoms with Gasteiger partial charge >= 0.3 is 0 Å². The summed E-state index contributed by atoms with van der Waals surface area (Å²) in [7, 11) is 0. The summed E-state index contributed by atoms with van der Waals surface area (Å²) in [5.74, 6) is -0.269. The monoisotopic (exact) mass is 382 g/mol. The second-order valence-electron chi connectivity index (χ2n) is 6.67. The van der Waals surface area contributed by atoms with Crippen molar-refractivity contribution in [1.29, 1.82) is 0 Å². The van der Waals surface area contributed by atoms with Gasteiger partial charge in [0.1, 0.15) is 11.2 Å². The molecule has 1 aliphatic rings. The molecule has 1 saturated heterocycles. The van der Waals surface area contributed by atoms with E-state index in [4.69, 9.17) is 11.6 Å². The average Bonchev–Trinajstić information content (AvgIpc) is 2.68. The Labute approximate surface area is 161 Å². The average molecular weight is 383 g/mol. The van der Waals surface area contributed by atoms with Gasteiger partial charge in [0, 0.05) is 49.3 Å². The van der Waals surface area contributed by atoms with Crippen molar-refractivity contribution in [2.45, 2.75) is 6.92 Å². The van der Waals surface area contributed by atoms with Crippen molar-refractivity contribution >= 4 is 28.8 Å². The minimum absolute atomic E-state index is 0.106. The van der Waals surface area contributed by atoms with Crippen LogP contribution in [0, 0.1) is 6.92 Å². The predicted octanol–water partition coefficient (Wildman–Crippen LogP) is 2.62. The number of fused-ring (bicyclic) bond motifs is 1. The molecule has 0 bridgehead atoms. The third-order valence-electron chi connectivity index (χ3n) is 4.82. The smallest absolute Gasteiger partial charge is 0.270 e. The van der Waals surface area contributed by atoms with E-state index >= 15 is 0 Å². The van der Waals surface area contributed by atoms with Crippen LogP contribution < -0.4 is 10.5 Å². The quantitative estimate of drug-likeness (QED) is 0.683. The highest BCUT2D eigenvalue weighted by molar-refractivity contribution is 6.30. The van der Waals surface area contributed by atoms with Crippen LogP contribution in [0.3, 0.4) is 0 Å². The third kappa shape index (κ3) is 3.40. The molecule has 3 aromatic rings. The van der Waals surface area contributed by atoms with Crippen LogP contribution in [-0.4, -0.2) is 46.4 Å². The molecule has 0 aliphatic carbocycles. The highest BCUT2D eigenvalue weighted by Gasteiger charge is 2.25. The van der Waals surface area contributed by atoms with Crippen molar-refractivity contribution in [2.24, 2.45) is 0 Å². The number of carbonyl (C=O) groups is 1. The van der Waals surface area contributed by atoms with Gasteiger partial charge in [-0.3, -0.25) is 14.0 Å². The Morgan fingerprint density at radius 2 is 1.89 bits per heavy atom. The SMILES string of the molecule is Cc1ccc2ncc(C(=O)N3CCN(c4cccc(Cl)c4)CC3)c(=O)n2c1. The van der Waals surface area contributed by atoms with Crippen LogP contribution in [0.4, 0.5) is 5.69 Å². The maximum atomic E-state index is 12.9. The normalized spacial score (nSPS) is 14.6. The van der Waals surface area contributed by atoms with E-state index in [2.05, 4.69) is 9.88 Å². The molecule has 0 unspecified atom stereocenters. The van der Waals surface area contributed by atoms with E-state index in [1.807, 2.05) is 37.3 Å². The third-order valence-corrected chi connectivity index (χ3v) is 5.06. The summed E-state index contributed by atoms with van der Waals surface area (Å²) in [5, 5.41) is 0.691. The first-order valence-corrected chi connectivity index (χ1v) is 9.18. The molecule has 0 spiro atoms. The molecule has 0 N–H and O–H groups in total. The molecule has 1 aliphatic heterocycles. The fourth-order valence-corrected chi connectivity index (χ4v) is 3.52. The second-order valence-corrected chi connectivity index (χ2v) is 7.11. The van der Waals surface area contributed by atoms with Crippen LogP contribution in [0.2, 0.25) is 5.02 Å². The molecule has 7 heteroatoms. The van der Waals surface area contributed by atoms with E-state index in [9.17, 15) is 9.59 Å². The molecule has 1 amide bonds. The van der Waals surface area contributed by atoms with Crippen LogP contribution in [0.15, 0.2) is 53.6 Å². The molecule has 1 aromatic carbocycles. The van der Waals surface area contributed by atoms with Crippen LogP contribution in [0.1, 0.15) is 15.9 Å². The largest absolute Gasteiger partial charge is 0.368 e. The lowest BCUT2D eigenvalue weighted by Crippen LogP contribution is -2.49. The van der Waals surface area contributed by atoms with Crippen molar-refractivity contribution in [3.05, 3.63) is 75.3 Å². The van der Waals surface area contributed by atoms with Crippen LogP contribution >= 0.6 is 11.6 Å². The molecule has 0 saturated carbocycles. The molecule has 6 nitrogen and oxygen atoms in total. The molecular weight excluding hydrogens is 364 g/mol. The Balaban J connectivity index is 1.54. The Hall–Kier alpha value is -2.86. The van der Waals surface area contributed by atoms with E-state index in [0.29, 0.717) is 36.8 Å². The van der Waals surface area contributed by atoms with Crippen LogP contribution in [0.25, 0.3) is 5.65 Å². The number of hydrogen-bond donors (Lipinski definition) is 0. The molecule has 4 rings (SSSR count). The molecular formula is C20H19ClN4O2. The summed E-state index contributed by atoms with van der Waals surface area (Å²) >= 11 is 6.06. The first-order valence-electron chi connectivity index (χ1n) is 8.81. The molecule has 27 heavy (non-hydrogen) atoms. The zero-order chi connectivity index (χ0) is 19.0. The Kier molecular flexibility index (Phi) is 4.58. The Morgan fingerprint density at radius 1 is 1.11 bits per heavy atom. The summed E-state index contributed by atoms with van der Waals surface area (Å²) < 4.78 is 1.44. The summed E-state index contributed by atoms with van der Waals surface area (Å²) in [4.78, 5) is 33.8. The van der Waals surface area contributed by atoms with Gasteiger partial charge in [0.25, 0.3) is 11.5 Å². The maximum absolute atomic E-state index is 12.9. The molecule has 3 heterocycles. The second kappa shape index (κ2) is 7.04. The number of anilines is 1. The minimum atomic E-state index is -0.328. The number of aromatic nitrogens is 2. The summed E-state index contributed by atoms with van der Waals surface area (Å²) in [6.07, 6.45) is 3.09. The summed E-state index contributed by atoms with van der Waals surface area (Å²) in [6.45, 7) is 4.36. The van der Waals surface area contributed by atoms with Crippen molar-refractivity contribution in [1.82, 2.24) is 14.3 Å². The van der Waals surface area contributed by atoms with Crippen molar-refractivity contribution < 1.29 is 4.79 Å². The van der Waals surface area contributed by atoms with E-state index in [1.54, 1.807) is 17.2 Å². The van der Waals surface area contributed by atoms with E-state index in [-0.39, 0.29) is 17.0 Å². The number of rotatable bonds is 2. The number of carbonyl (C=O) groups excluding carboxylic acids is 1. The number of benzene rings is 1. The molecule has 2 aromatic heterocycles. The van der Waals surface area contributed by atoms with Gasteiger partial charge in [-0.15, -0.1) is 0 Å². The predicted molar refractivity (Wildman–Crippen MR) is 106 cm³/mol. The van der Waals surface area contributed by atoms with Crippen molar-refractivity contribution in [3.8, 4) is 0 Å². The van der Waals surface area contributed by atoms with Gasteiger partial charge in [-0.05, 0) is 36.8 Å². The van der Waals surface area contributed by atoms with E-state index < -0.39 is 0 Å². The molecule has 1 fully saturated rings. The van der Waals surface area contributed by atoms with Gasteiger partial charge in [0.2, 0.25) is 0 Å². The van der Waals surface area contributed by atoms with Gasteiger partial charge < -0.3 is 9.80 Å². The lowest BCUT2D eigenvalue weighted by Gasteiger charge is -2.36. The fourth-order valence-electron chi connectivity index (χ4n) is 3.34. The zero-order valence-corrected chi connectivity index (χ0v) is 15.7. The number of halogens is 1. The van der Waals surface area contributed by atoms with Gasteiger partial charge in [-0.25, -0.2) is 4.98 Å². The summed E-state index contributed by atoms with van der Waals surface area (Å²) in [6, 6.07) is 11.3. The highest BCUT2D eigenvalue weighted by Crippen LogP contribution is 2.21. The van der Waals surface area contributed by atoms with Crippen LogP contribution in [0.5, 0.6) is 0 Å². The molecule has 138 valence electrons. The number of hydrogen-bond acceptors (Lipinski definition) is 4. The fraction of sp³-hybridized carbons (Fsp3) is 0.250. The van der Waals surface area contributed by atoms with Crippen LogP contribution in [-0.2, 0) is 0 Å². The molecule has 0 radical (unpaired) electrons. The van der Waals surface area contributed by atoms with Crippen molar-refractivity contribution in [2.75, 3.05) is 31.1 Å². The maximum Gasteiger partial charge on any atom is 0.270 e. The first-order chi connectivity index (χ1) is 13.0. The minimum Gasteiger partial charge on any atom is -0.368 e. The number of nitrogens with zero attached hydrogens (tertiary/aromatic N) is 4.